The Bertz CT molecular complexity index is 419. The van der Waals surface area contributed by atoms with Gasteiger partial charge in [-0.15, -0.1) is 0 Å². The summed E-state index contributed by atoms with van der Waals surface area (Å²) in [5, 5.41) is 3.35. The first kappa shape index (κ1) is 14.8. The standard InChI is InChI=1S/C14H21ClN2O/c1-3-4-5-6-7-14(18)17-13-9-11(15)12(16)8-10(13)2/h8-9H,3-7,16H2,1-2H3,(H,17,18). The number of hydrogen-bond acceptors (Lipinski definition) is 2. The predicted octanol–water partition coefficient (Wildman–Crippen LogP) is 4.14. The summed E-state index contributed by atoms with van der Waals surface area (Å²) in [4.78, 5) is 11.7. The summed E-state index contributed by atoms with van der Waals surface area (Å²) in [6.45, 7) is 4.05. The van der Waals surface area contributed by atoms with E-state index in [-0.39, 0.29) is 5.91 Å². The zero-order chi connectivity index (χ0) is 13.5. The van der Waals surface area contributed by atoms with Crippen LogP contribution in [0.4, 0.5) is 11.4 Å². The molecule has 0 aromatic heterocycles. The number of halogens is 1. The van der Waals surface area contributed by atoms with Crippen molar-refractivity contribution in [1.82, 2.24) is 0 Å². The molecule has 0 aliphatic rings. The third kappa shape index (κ3) is 4.57. The van der Waals surface area contributed by atoms with E-state index in [1.54, 1.807) is 12.1 Å². The first-order valence-electron chi connectivity index (χ1n) is 6.40. The number of benzene rings is 1. The SMILES string of the molecule is CCCCCCC(=O)Nc1cc(Cl)c(N)cc1C. The van der Waals surface area contributed by atoms with Crippen LogP contribution >= 0.6 is 11.6 Å². The van der Waals surface area contributed by atoms with Gasteiger partial charge < -0.3 is 11.1 Å². The first-order valence-corrected chi connectivity index (χ1v) is 6.78. The second kappa shape index (κ2) is 7.27. The van der Waals surface area contributed by atoms with Crippen molar-refractivity contribution in [2.24, 2.45) is 0 Å². The molecule has 0 bridgehead atoms. The third-order valence-electron chi connectivity index (χ3n) is 2.88. The number of nitrogens with two attached hydrogens (primary N) is 1. The number of nitrogens with one attached hydrogen (secondary N) is 1. The van der Waals surface area contributed by atoms with Gasteiger partial charge in [-0.05, 0) is 31.0 Å². The summed E-state index contributed by atoms with van der Waals surface area (Å²) >= 11 is 5.94. The maximum atomic E-state index is 11.7. The van der Waals surface area contributed by atoms with Crippen molar-refractivity contribution in [2.75, 3.05) is 11.1 Å². The minimum atomic E-state index is 0.0371. The Balaban J connectivity index is 2.51. The van der Waals surface area contributed by atoms with Crippen LogP contribution in [0, 0.1) is 6.92 Å². The molecule has 3 nitrogen and oxygen atoms in total. The van der Waals surface area contributed by atoms with Crippen molar-refractivity contribution in [3.05, 3.63) is 22.7 Å². The molecule has 0 heterocycles. The molecule has 0 atom stereocenters. The maximum absolute atomic E-state index is 11.7. The fourth-order valence-corrected chi connectivity index (χ4v) is 1.93. The van der Waals surface area contributed by atoms with Crippen molar-refractivity contribution in [3.63, 3.8) is 0 Å². The van der Waals surface area contributed by atoms with Gasteiger partial charge in [0.05, 0.1) is 10.7 Å². The van der Waals surface area contributed by atoms with E-state index in [1.165, 1.54) is 12.8 Å². The topological polar surface area (TPSA) is 55.1 Å². The average Bonchev–Trinajstić information content (AvgIpc) is 2.32. The third-order valence-corrected chi connectivity index (χ3v) is 3.20. The Kier molecular flexibility index (Phi) is 5.99. The van der Waals surface area contributed by atoms with Crippen LogP contribution in [0.3, 0.4) is 0 Å². The van der Waals surface area contributed by atoms with Crippen LogP contribution in [0.2, 0.25) is 5.02 Å². The quantitative estimate of drug-likeness (QED) is 0.602. The van der Waals surface area contributed by atoms with Crippen molar-refractivity contribution >= 4 is 28.9 Å². The van der Waals surface area contributed by atoms with E-state index in [2.05, 4.69) is 12.2 Å². The molecule has 1 amide bonds. The number of anilines is 2. The van der Waals surface area contributed by atoms with E-state index in [4.69, 9.17) is 17.3 Å². The Hall–Kier alpha value is -1.22. The molecule has 0 saturated heterocycles. The second-order valence-corrected chi connectivity index (χ2v) is 4.95. The lowest BCUT2D eigenvalue weighted by Gasteiger charge is -2.10. The number of carbonyl (C=O) groups is 1. The lowest BCUT2D eigenvalue weighted by molar-refractivity contribution is -0.116. The van der Waals surface area contributed by atoms with E-state index in [1.807, 2.05) is 6.92 Å². The largest absolute Gasteiger partial charge is 0.398 e. The lowest BCUT2D eigenvalue weighted by Crippen LogP contribution is -2.12. The Morgan fingerprint density at radius 1 is 1.33 bits per heavy atom. The molecule has 0 spiro atoms. The van der Waals surface area contributed by atoms with Crippen LogP contribution in [0.15, 0.2) is 12.1 Å². The Labute approximate surface area is 114 Å². The molecule has 0 radical (unpaired) electrons. The molecular weight excluding hydrogens is 248 g/mol. The Morgan fingerprint density at radius 2 is 2.06 bits per heavy atom. The molecule has 18 heavy (non-hydrogen) atoms. The molecule has 100 valence electrons. The molecular formula is C14H21ClN2O. The van der Waals surface area contributed by atoms with Crippen LogP contribution < -0.4 is 11.1 Å². The van der Waals surface area contributed by atoms with Crippen molar-refractivity contribution in [1.29, 1.82) is 0 Å². The number of hydrogen-bond donors (Lipinski definition) is 2. The van der Waals surface area contributed by atoms with Crippen molar-refractivity contribution in [2.45, 2.75) is 46.0 Å². The molecule has 0 fully saturated rings. The minimum absolute atomic E-state index is 0.0371. The van der Waals surface area contributed by atoms with E-state index in [0.717, 1.165) is 24.1 Å². The molecule has 1 rings (SSSR count). The first-order chi connectivity index (χ1) is 8.54. The van der Waals surface area contributed by atoms with Gasteiger partial charge in [-0.25, -0.2) is 0 Å². The molecule has 0 aliphatic heterocycles. The molecule has 0 saturated carbocycles. The van der Waals surface area contributed by atoms with Gasteiger partial charge in [0.15, 0.2) is 0 Å². The number of amides is 1. The average molecular weight is 269 g/mol. The van der Waals surface area contributed by atoms with Gasteiger partial charge in [-0.2, -0.15) is 0 Å². The number of carbonyl (C=O) groups excluding carboxylic acids is 1. The van der Waals surface area contributed by atoms with Gasteiger partial charge in [-0.1, -0.05) is 37.8 Å². The number of rotatable bonds is 6. The summed E-state index contributed by atoms with van der Waals surface area (Å²) in [6, 6.07) is 3.48. The Morgan fingerprint density at radius 3 is 2.72 bits per heavy atom. The summed E-state index contributed by atoms with van der Waals surface area (Å²) in [7, 11) is 0. The summed E-state index contributed by atoms with van der Waals surface area (Å²) in [5.74, 6) is 0.0371. The van der Waals surface area contributed by atoms with Crippen LogP contribution in [0.1, 0.15) is 44.6 Å². The van der Waals surface area contributed by atoms with Gasteiger partial charge in [0, 0.05) is 12.1 Å². The van der Waals surface area contributed by atoms with Gasteiger partial charge in [0.25, 0.3) is 0 Å². The highest BCUT2D eigenvalue weighted by atomic mass is 35.5. The fourth-order valence-electron chi connectivity index (χ4n) is 1.76. The van der Waals surface area contributed by atoms with Gasteiger partial charge in [0.2, 0.25) is 5.91 Å². The highest BCUT2D eigenvalue weighted by molar-refractivity contribution is 6.33. The van der Waals surface area contributed by atoms with Gasteiger partial charge in [0.1, 0.15) is 0 Å². The van der Waals surface area contributed by atoms with Gasteiger partial charge >= 0.3 is 0 Å². The fraction of sp³-hybridized carbons (Fsp3) is 0.500. The number of nitrogen functional groups attached to an aromatic ring is 1. The molecule has 0 unspecified atom stereocenters. The van der Waals surface area contributed by atoms with Crippen LogP contribution in [0.25, 0.3) is 0 Å². The smallest absolute Gasteiger partial charge is 0.224 e. The molecule has 1 aromatic carbocycles. The monoisotopic (exact) mass is 268 g/mol. The molecule has 0 aliphatic carbocycles. The molecule has 3 N–H and O–H groups in total. The second-order valence-electron chi connectivity index (χ2n) is 4.55. The van der Waals surface area contributed by atoms with Crippen LogP contribution in [-0.4, -0.2) is 5.91 Å². The summed E-state index contributed by atoms with van der Waals surface area (Å²) < 4.78 is 0. The maximum Gasteiger partial charge on any atom is 0.224 e. The highest BCUT2D eigenvalue weighted by Crippen LogP contribution is 2.26. The lowest BCUT2D eigenvalue weighted by atomic mass is 10.1. The number of unbranched alkanes of at least 4 members (excludes halogenated alkanes) is 3. The zero-order valence-corrected chi connectivity index (χ0v) is 11.8. The van der Waals surface area contributed by atoms with E-state index in [9.17, 15) is 4.79 Å². The zero-order valence-electron chi connectivity index (χ0n) is 11.1. The summed E-state index contributed by atoms with van der Waals surface area (Å²) in [6.07, 6.45) is 4.95. The van der Waals surface area contributed by atoms with Gasteiger partial charge in [-0.3, -0.25) is 4.79 Å². The van der Waals surface area contributed by atoms with E-state index >= 15 is 0 Å². The minimum Gasteiger partial charge on any atom is -0.398 e. The van der Waals surface area contributed by atoms with E-state index in [0.29, 0.717) is 17.1 Å². The van der Waals surface area contributed by atoms with Crippen LogP contribution in [0.5, 0.6) is 0 Å². The van der Waals surface area contributed by atoms with Crippen molar-refractivity contribution < 1.29 is 4.79 Å². The number of aryl methyl sites for hydroxylation is 1. The van der Waals surface area contributed by atoms with E-state index < -0.39 is 0 Å². The van der Waals surface area contributed by atoms with Crippen molar-refractivity contribution in [3.8, 4) is 0 Å². The highest BCUT2D eigenvalue weighted by Gasteiger charge is 2.07. The normalized spacial score (nSPS) is 10.4. The molecule has 1 aromatic rings. The predicted molar refractivity (Wildman–Crippen MR) is 78.0 cm³/mol. The van der Waals surface area contributed by atoms with Crippen LogP contribution in [-0.2, 0) is 4.79 Å². The molecule has 4 heteroatoms. The summed E-state index contributed by atoms with van der Waals surface area (Å²) in [5.41, 5.74) is 7.90.